The molecule has 0 spiro atoms. The molecule has 2 aromatic rings. The summed E-state index contributed by atoms with van der Waals surface area (Å²) < 4.78 is 0. The Labute approximate surface area is 152 Å². The van der Waals surface area contributed by atoms with Crippen LogP contribution in [0.15, 0.2) is 61.2 Å². The Kier molecular flexibility index (Phi) is 7.46. The summed E-state index contributed by atoms with van der Waals surface area (Å²) in [5.41, 5.74) is 5.15. The topological polar surface area (TPSA) is 20.3 Å². The van der Waals surface area contributed by atoms with E-state index in [1.54, 1.807) is 11.9 Å². The molecule has 0 aliphatic heterocycles. The van der Waals surface area contributed by atoms with Gasteiger partial charge < -0.3 is 4.90 Å². The van der Waals surface area contributed by atoms with Crippen molar-refractivity contribution in [2.45, 2.75) is 39.0 Å². The number of aryl methyl sites for hydroxylation is 1. The second kappa shape index (κ2) is 9.83. The lowest BCUT2D eigenvalue weighted by molar-refractivity contribution is -0.124. The first-order chi connectivity index (χ1) is 12.1. The van der Waals surface area contributed by atoms with Crippen LogP contribution in [0, 0.1) is 0 Å². The summed E-state index contributed by atoms with van der Waals surface area (Å²) in [4.78, 5) is 13.2. The summed E-state index contributed by atoms with van der Waals surface area (Å²) in [5, 5.41) is 0. The molecule has 0 saturated heterocycles. The zero-order chi connectivity index (χ0) is 18.1. The Morgan fingerprint density at radius 2 is 1.44 bits per heavy atom. The molecule has 0 fully saturated rings. The normalized spacial score (nSPS) is 10.5. The predicted octanol–water partition coefficient (Wildman–Crippen LogP) is 5.27. The highest BCUT2D eigenvalue weighted by atomic mass is 16.2. The molecule has 2 rings (SSSR count). The van der Waals surface area contributed by atoms with Crippen molar-refractivity contribution >= 4 is 5.91 Å². The lowest BCUT2D eigenvalue weighted by Gasteiger charge is -2.14. The van der Waals surface area contributed by atoms with E-state index in [4.69, 9.17) is 0 Å². The SMILES string of the molecule is C=CC(=O)N(C)CCc1ccc(-c2ccc(CCCCC)cc2)cc1. The van der Waals surface area contributed by atoms with Crippen molar-refractivity contribution in [3.8, 4) is 11.1 Å². The van der Waals surface area contributed by atoms with Gasteiger partial charge in [-0.05, 0) is 47.6 Å². The number of carbonyl (C=O) groups is 1. The molecule has 0 atom stereocenters. The monoisotopic (exact) mass is 335 g/mol. The quantitative estimate of drug-likeness (QED) is 0.451. The molecule has 0 N–H and O–H groups in total. The molecular formula is C23H29NO. The number of carbonyl (C=O) groups excluding carboxylic acids is 1. The largest absolute Gasteiger partial charge is 0.342 e. The van der Waals surface area contributed by atoms with Crippen LogP contribution >= 0.6 is 0 Å². The maximum absolute atomic E-state index is 11.5. The van der Waals surface area contributed by atoms with Crippen LogP contribution < -0.4 is 0 Å². The Hall–Kier alpha value is -2.35. The van der Waals surface area contributed by atoms with E-state index in [0.29, 0.717) is 6.54 Å². The van der Waals surface area contributed by atoms with Gasteiger partial charge in [0.15, 0.2) is 0 Å². The van der Waals surface area contributed by atoms with Gasteiger partial charge in [-0.1, -0.05) is 74.9 Å². The summed E-state index contributed by atoms with van der Waals surface area (Å²) in [5.74, 6) is -0.0318. The third-order valence-electron chi connectivity index (χ3n) is 4.60. The first kappa shape index (κ1) is 19.0. The number of unbranched alkanes of at least 4 members (excludes halogenated alkanes) is 2. The number of rotatable bonds is 9. The van der Waals surface area contributed by atoms with E-state index < -0.39 is 0 Å². The highest BCUT2D eigenvalue weighted by molar-refractivity contribution is 5.86. The molecule has 0 unspecified atom stereocenters. The molecule has 0 heterocycles. The number of hydrogen-bond donors (Lipinski definition) is 0. The summed E-state index contributed by atoms with van der Waals surface area (Å²) in [6.45, 7) is 6.46. The minimum atomic E-state index is -0.0318. The van der Waals surface area contributed by atoms with Gasteiger partial charge in [-0.2, -0.15) is 0 Å². The fourth-order valence-corrected chi connectivity index (χ4v) is 2.87. The Balaban J connectivity index is 1.93. The zero-order valence-corrected chi connectivity index (χ0v) is 15.5. The van der Waals surface area contributed by atoms with Gasteiger partial charge in [-0.3, -0.25) is 4.79 Å². The standard InChI is InChI=1S/C23H29NO/c1-4-6-7-8-19-9-13-21(14-10-19)22-15-11-20(12-16-22)17-18-24(3)23(25)5-2/h5,9-16H,2,4,6-8,17-18H2,1,3H3. The maximum Gasteiger partial charge on any atom is 0.245 e. The molecule has 2 nitrogen and oxygen atoms in total. The molecule has 25 heavy (non-hydrogen) atoms. The van der Waals surface area contributed by atoms with Crippen molar-refractivity contribution in [3.63, 3.8) is 0 Å². The van der Waals surface area contributed by atoms with Crippen LogP contribution in [0.5, 0.6) is 0 Å². The number of nitrogens with zero attached hydrogens (tertiary/aromatic N) is 1. The molecule has 2 aromatic carbocycles. The Morgan fingerprint density at radius 1 is 0.920 bits per heavy atom. The van der Waals surface area contributed by atoms with Gasteiger partial charge >= 0.3 is 0 Å². The zero-order valence-electron chi connectivity index (χ0n) is 15.5. The molecule has 0 radical (unpaired) electrons. The van der Waals surface area contributed by atoms with Crippen LogP contribution in [-0.4, -0.2) is 24.4 Å². The third kappa shape index (κ3) is 5.90. The van der Waals surface area contributed by atoms with Gasteiger partial charge in [0.1, 0.15) is 0 Å². The molecule has 2 heteroatoms. The van der Waals surface area contributed by atoms with Crippen LogP contribution in [0.4, 0.5) is 0 Å². The highest BCUT2D eigenvalue weighted by Gasteiger charge is 2.04. The van der Waals surface area contributed by atoms with Crippen LogP contribution in [0.25, 0.3) is 11.1 Å². The molecule has 0 aliphatic carbocycles. The fourth-order valence-electron chi connectivity index (χ4n) is 2.87. The van der Waals surface area contributed by atoms with Gasteiger partial charge in [0.2, 0.25) is 5.91 Å². The van der Waals surface area contributed by atoms with Crippen LogP contribution in [-0.2, 0) is 17.6 Å². The van der Waals surface area contributed by atoms with E-state index in [1.165, 1.54) is 54.0 Å². The van der Waals surface area contributed by atoms with Crippen LogP contribution in [0.3, 0.4) is 0 Å². The molecular weight excluding hydrogens is 306 g/mol. The Morgan fingerprint density at radius 3 is 1.92 bits per heavy atom. The lowest BCUT2D eigenvalue weighted by Crippen LogP contribution is -2.26. The van der Waals surface area contributed by atoms with Gasteiger partial charge in [0.05, 0.1) is 0 Å². The van der Waals surface area contributed by atoms with Crippen molar-refractivity contribution in [1.29, 1.82) is 0 Å². The van der Waals surface area contributed by atoms with Crippen LogP contribution in [0.1, 0.15) is 37.3 Å². The first-order valence-electron chi connectivity index (χ1n) is 9.20. The average molecular weight is 335 g/mol. The third-order valence-corrected chi connectivity index (χ3v) is 4.60. The van der Waals surface area contributed by atoms with Gasteiger partial charge in [-0.15, -0.1) is 0 Å². The lowest BCUT2D eigenvalue weighted by atomic mass is 10.00. The predicted molar refractivity (Wildman–Crippen MR) is 107 cm³/mol. The van der Waals surface area contributed by atoms with Gasteiger partial charge in [-0.25, -0.2) is 0 Å². The second-order valence-corrected chi connectivity index (χ2v) is 6.56. The number of benzene rings is 2. The summed E-state index contributed by atoms with van der Waals surface area (Å²) in [6.07, 6.45) is 7.22. The molecule has 1 amide bonds. The second-order valence-electron chi connectivity index (χ2n) is 6.56. The van der Waals surface area contributed by atoms with Gasteiger partial charge in [0, 0.05) is 13.6 Å². The molecule has 132 valence electrons. The number of likely N-dealkylation sites (N-methyl/N-ethyl adjacent to an activating group) is 1. The highest BCUT2D eigenvalue weighted by Crippen LogP contribution is 2.21. The maximum atomic E-state index is 11.5. The van der Waals surface area contributed by atoms with Crippen molar-refractivity contribution in [2.75, 3.05) is 13.6 Å². The molecule has 0 aliphatic rings. The summed E-state index contributed by atoms with van der Waals surface area (Å²) >= 11 is 0. The van der Waals surface area contributed by atoms with Gasteiger partial charge in [0.25, 0.3) is 0 Å². The summed E-state index contributed by atoms with van der Waals surface area (Å²) in [6, 6.07) is 17.5. The number of hydrogen-bond acceptors (Lipinski definition) is 1. The van der Waals surface area contributed by atoms with E-state index in [-0.39, 0.29) is 5.91 Å². The van der Waals surface area contributed by atoms with Crippen LogP contribution in [0.2, 0.25) is 0 Å². The van der Waals surface area contributed by atoms with E-state index >= 15 is 0 Å². The average Bonchev–Trinajstić information content (AvgIpc) is 2.66. The van der Waals surface area contributed by atoms with Crippen molar-refractivity contribution in [2.24, 2.45) is 0 Å². The van der Waals surface area contributed by atoms with Crippen molar-refractivity contribution in [3.05, 3.63) is 72.3 Å². The molecule has 0 aromatic heterocycles. The van der Waals surface area contributed by atoms with E-state index in [2.05, 4.69) is 62.0 Å². The Bertz CT molecular complexity index is 670. The van der Waals surface area contributed by atoms with E-state index in [1.807, 2.05) is 0 Å². The van der Waals surface area contributed by atoms with Crippen molar-refractivity contribution < 1.29 is 4.79 Å². The van der Waals surface area contributed by atoms with E-state index in [0.717, 1.165) is 6.42 Å². The molecule has 0 saturated carbocycles. The minimum Gasteiger partial charge on any atom is -0.342 e. The minimum absolute atomic E-state index is 0.0318. The molecule has 0 bridgehead atoms. The smallest absolute Gasteiger partial charge is 0.245 e. The number of amides is 1. The fraction of sp³-hybridized carbons (Fsp3) is 0.348. The summed E-state index contributed by atoms with van der Waals surface area (Å²) in [7, 11) is 1.81. The first-order valence-corrected chi connectivity index (χ1v) is 9.20. The van der Waals surface area contributed by atoms with Crippen molar-refractivity contribution in [1.82, 2.24) is 4.90 Å². The van der Waals surface area contributed by atoms with E-state index in [9.17, 15) is 4.79 Å².